The van der Waals surface area contributed by atoms with Gasteiger partial charge in [-0.05, 0) is 19.8 Å². The lowest BCUT2D eigenvalue weighted by Crippen LogP contribution is -2.26. The largest absolute Gasteiger partial charge is 0.466 e. The number of carbonyl (C=O) groups is 2. The Bertz CT molecular complexity index is 755. The minimum Gasteiger partial charge on any atom is -0.466 e. The van der Waals surface area contributed by atoms with Gasteiger partial charge in [-0.1, -0.05) is 57.0 Å². The summed E-state index contributed by atoms with van der Waals surface area (Å²) in [7, 11) is 0. The van der Waals surface area contributed by atoms with Crippen LogP contribution in [-0.4, -0.2) is 34.7 Å². The molecule has 1 aromatic carbocycles. The fraction of sp³-hybridized carbons (Fsp3) is 0.500. The maximum Gasteiger partial charge on any atom is 0.329 e. The standard InChI is InChI=1S/C22H30N2O4/c1-4-6-13-27-20(25)15-19(22(26)28-14-7-5-2)24-16-17(3)23-21(24)18-11-9-8-10-12-18/h8-12,16,19H,4-7,13-15H2,1-3H3. The first-order valence-electron chi connectivity index (χ1n) is 10.00. The molecule has 0 spiro atoms. The van der Waals surface area contributed by atoms with Crippen molar-refractivity contribution >= 4 is 11.9 Å². The summed E-state index contributed by atoms with van der Waals surface area (Å²) in [6.45, 7) is 6.62. The smallest absolute Gasteiger partial charge is 0.329 e. The second kappa shape index (κ2) is 11.3. The van der Waals surface area contributed by atoms with Gasteiger partial charge in [0.1, 0.15) is 11.9 Å². The Labute approximate surface area is 166 Å². The maximum absolute atomic E-state index is 12.8. The number of aromatic nitrogens is 2. The van der Waals surface area contributed by atoms with Crippen molar-refractivity contribution in [1.29, 1.82) is 0 Å². The minimum atomic E-state index is -0.803. The maximum atomic E-state index is 12.8. The number of unbranched alkanes of at least 4 members (excludes halogenated alkanes) is 2. The highest BCUT2D eigenvalue weighted by molar-refractivity contribution is 5.82. The van der Waals surface area contributed by atoms with E-state index in [0.717, 1.165) is 36.9 Å². The molecule has 1 heterocycles. The summed E-state index contributed by atoms with van der Waals surface area (Å²) in [5.41, 5.74) is 1.64. The molecule has 6 nitrogen and oxygen atoms in total. The van der Waals surface area contributed by atoms with Crippen LogP contribution >= 0.6 is 0 Å². The molecule has 1 unspecified atom stereocenters. The van der Waals surface area contributed by atoms with Crippen LogP contribution in [0, 0.1) is 6.92 Å². The molecule has 2 rings (SSSR count). The molecule has 0 aliphatic carbocycles. The van der Waals surface area contributed by atoms with Gasteiger partial charge in [-0.25, -0.2) is 9.78 Å². The van der Waals surface area contributed by atoms with Crippen LogP contribution in [-0.2, 0) is 19.1 Å². The highest BCUT2D eigenvalue weighted by Crippen LogP contribution is 2.26. The SMILES string of the molecule is CCCCOC(=O)CC(C(=O)OCCCC)n1cc(C)nc1-c1ccccc1. The van der Waals surface area contributed by atoms with Gasteiger partial charge < -0.3 is 14.0 Å². The van der Waals surface area contributed by atoms with Gasteiger partial charge in [-0.3, -0.25) is 4.79 Å². The Morgan fingerprint density at radius 3 is 2.32 bits per heavy atom. The van der Waals surface area contributed by atoms with E-state index in [1.807, 2.05) is 51.1 Å². The minimum absolute atomic E-state index is 0.0791. The molecule has 6 heteroatoms. The van der Waals surface area contributed by atoms with Crippen LogP contribution in [0.25, 0.3) is 11.4 Å². The molecule has 1 atom stereocenters. The van der Waals surface area contributed by atoms with Crippen molar-refractivity contribution in [3.8, 4) is 11.4 Å². The Morgan fingerprint density at radius 1 is 1.04 bits per heavy atom. The normalized spacial score (nSPS) is 11.8. The summed E-state index contributed by atoms with van der Waals surface area (Å²) in [4.78, 5) is 29.7. The van der Waals surface area contributed by atoms with E-state index in [4.69, 9.17) is 9.47 Å². The van der Waals surface area contributed by atoms with Crippen molar-refractivity contribution in [1.82, 2.24) is 9.55 Å². The van der Waals surface area contributed by atoms with Gasteiger partial charge in [0.05, 0.1) is 25.3 Å². The summed E-state index contributed by atoms with van der Waals surface area (Å²) in [6, 6.07) is 8.80. The summed E-state index contributed by atoms with van der Waals surface area (Å²) >= 11 is 0. The number of rotatable bonds is 11. The van der Waals surface area contributed by atoms with Crippen LogP contribution in [0.1, 0.15) is 57.7 Å². The van der Waals surface area contributed by atoms with Crippen molar-refractivity contribution in [3.05, 3.63) is 42.2 Å². The molecule has 0 radical (unpaired) electrons. The Morgan fingerprint density at radius 2 is 1.68 bits per heavy atom. The molecule has 0 N–H and O–H groups in total. The Hall–Kier alpha value is -2.63. The second-order valence-electron chi connectivity index (χ2n) is 6.79. The number of imidazole rings is 1. The third kappa shape index (κ3) is 6.22. The lowest BCUT2D eigenvalue weighted by molar-refractivity contribution is -0.154. The second-order valence-corrected chi connectivity index (χ2v) is 6.79. The van der Waals surface area contributed by atoms with Gasteiger partial charge in [0.2, 0.25) is 0 Å². The van der Waals surface area contributed by atoms with E-state index in [0.29, 0.717) is 19.0 Å². The number of esters is 2. The third-order valence-electron chi connectivity index (χ3n) is 4.36. The summed E-state index contributed by atoms with van der Waals surface area (Å²) in [5, 5.41) is 0. The molecule has 28 heavy (non-hydrogen) atoms. The fourth-order valence-corrected chi connectivity index (χ4v) is 2.81. The van der Waals surface area contributed by atoms with E-state index in [1.54, 1.807) is 10.8 Å². The molecule has 2 aromatic rings. The molecule has 0 saturated heterocycles. The third-order valence-corrected chi connectivity index (χ3v) is 4.36. The number of ether oxygens (including phenoxy) is 2. The first-order valence-corrected chi connectivity index (χ1v) is 10.00. The van der Waals surface area contributed by atoms with E-state index >= 15 is 0 Å². The highest BCUT2D eigenvalue weighted by Gasteiger charge is 2.29. The molecular formula is C22H30N2O4. The number of hydrogen-bond donors (Lipinski definition) is 0. The first-order chi connectivity index (χ1) is 13.6. The van der Waals surface area contributed by atoms with Crippen molar-refractivity contribution in [3.63, 3.8) is 0 Å². The quantitative estimate of drug-likeness (QED) is 0.421. The van der Waals surface area contributed by atoms with E-state index in [-0.39, 0.29) is 6.42 Å². The zero-order valence-electron chi connectivity index (χ0n) is 17.0. The van der Waals surface area contributed by atoms with Crippen LogP contribution in [0.15, 0.2) is 36.5 Å². The van der Waals surface area contributed by atoms with Crippen LogP contribution in [0.3, 0.4) is 0 Å². The lowest BCUT2D eigenvalue weighted by atomic mass is 10.1. The molecule has 0 aliphatic rings. The van der Waals surface area contributed by atoms with Crippen LogP contribution in [0.5, 0.6) is 0 Å². The topological polar surface area (TPSA) is 70.4 Å². The van der Waals surface area contributed by atoms with Crippen LogP contribution in [0.2, 0.25) is 0 Å². The molecule has 0 aliphatic heterocycles. The van der Waals surface area contributed by atoms with Gasteiger partial charge in [0, 0.05) is 11.8 Å². The number of carbonyl (C=O) groups excluding carboxylic acids is 2. The van der Waals surface area contributed by atoms with Crippen LogP contribution in [0.4, 0.5) is 0 Å². The fourth-order valence-electron chi connectivity index (χ4n) is 2.81. The number of nitrogens with zero attached hydrogens (tertiary/aromatic N) is 2. The lowest BCUT2D eigenvalue weighted by Gasteiger charge is -2.19. The van der Waals surface area contributed by atoms with Gasteiger partial charge in [0.25, 0.3) is 0 Å². The van der Waals surface area contributed by atoms with E-state index in [2.05, 4.69) is 4.98 Å². The Balaban J connectivity index is 2.28. The Kier molecular flexibility index (Phi) is 8.72. The first kappa shape index (κ1) is 21.7. The zero-order chi connectivity index (χ0) is 20.4. The molecule has 0 bridgehead atoms. The van der Waals surface area contributed by atoms with Gasteiger partial charge in [0.15, 0.2) is 0 Å². The van der Waals surface area contributed by atoms with E-state index in [1.165, 1.54) is 0 Å². The average Bonchev–Trinajstić information content (AvgIpc) is 3.08. The van der Waals surface area contributed by atoms with Gasteiger partial charge in [-0.15, -0.1) is 0 Å². The van der Waals surface area contributed by atoms with Crippen molar-refractivity contribution < 1.29 is 19.1 Å². The average molecular weight is 386 g/mol. The highest BCUT2D eigenvalue weighted by atomic mass is 16.5. The zero-order valence-corrected chi connectivity index (χ0v) is 17.0. The number of benzene rings is 1. The predicted octanol–water partition coefficient (Wildman–Crippen LogP) is 4.48. The van der Waals surface area contributed by atoms with E-state index < -0.39 is 18.0 Å². The van der Waals surface area contributed by atoms with Crippen molar-refractivity contribution in [2.24, 2.45) is 0 Å². The summed E-state index contributed by atoms with van der Waals surface area (Å²) < 4.78 is 12.4. The van der Waals surface area contributed by atoms with Gasteiger partial charge in [-0.2, -0.15) is 0 Å². The van der Waals surface area contributed by atoms with Crippen LogP contribution < -0.4 is 0 Å². The summed E-state index contributed by atoms with van der Waals surface area (Å²) in [6.07, 6.45) is 5.16. The summed E-state index contributed by atoms with van der Waals surface area (Å²) in [5.74, 6) is -0.205. The predicted molar refractivity (Wildman–Crippen MR) is 108 cm³/mol. The molecule has 152 valence electrons. The van der Waals surface area contributed by atoms with Crippen molar-refractivity contribution in [2.45, 2.75) is 58.9 Å². The number of aryl methyl sites for hydroxylation is 1. The number of hydrogen-bond acceptors (Lipinski definition) is 5. The molecule has 1 aromatic heterocycles. The monoisotopic (exact) mass is 386 g/mol. The van der Waals surface area contributed by atoms with E-state index in [9.17, 15) is 9.59 Å². The molecule has 0 amide bonds. The molecular weight excluding hydrogens is 356 g/mol. The molecule has 0 fully saturated rings. The molecule has 0 saturated carbocycles. The van der Waals surface area contributed by atoms with Crippen molar-refractivity contribution in [2.75, 3.05) is 13.2 Å². The van der Waals surface area contributed by atoms with Gasteiger partial charge >= 0.3 is 11.9 Å².